The average Bonchev–Trinajstić information content (AvgIpc) is 3.10. The zero-order valence-corrected chi connectivity index (χ0v) is 15.1. The molecule has 2 aromatic heterocycles. The lowest BCUT2D eigenvalue weighted by Gasteiger charge is -2.26. The van der Waals surface area contributed by atoms with Crippen molar-refractivity contribution in [2.75, 3.05) is 25.4 Å². The van der Waals surface area contributed by atoms with Crippen molar-refractivity contribution < 1.29 is 8.78 Å². The maximum Gasteiger partial charge on any atom is 0.264 e. The van der Waals surface area contributed by atoms with Gasteiger partial charge in [-0.2, -0.15) is 5.10 Å². The number of anilines is 1. The maximum absolute atomic E-state index is 13.6. The first-order valence-electron chi connectivity index (χ1n) is 9.35. The Morgan fingerprint density at radius 2 is 1.78 bits per heavy atom. The number of fused-ring (bicyclic) bond motifs is 1. The number of halogens is 2. The molecule has 4 rings (SSSR count). The van der Waals surface area contributed by atoms with Crippen LogP contribution in [0.5, 0.6) is 0 Å². The van der Waals surface area contributed by atoms with Crippen LogP contribution in [-0.4, -0.2) is 39.3 Å². The highest BCUT2D eigenvalue weighted by atomic mass is 19.3. The van der Waals surface area contributed by atoms with Gasteiger partial charge < -0.3 is 10.6 Å². The van der Waals surface area contributed by atoms with Crippen molar-refractivity contribution in [2.45, 2.75) is 32.2 Å². The number of alkyl halides is 2. The Morgan fingerprint density at radius 1 is 1.04 bits per heavy atom. The topological polar surface area (TPSA) is 60.0 Å². The predicted molar refractivity (Wildman–Crippen MR) is 103 cm³/mol. The summed E-state index contributed by atoms with van der Waals surface area (Å²) in [5, 5.41) is 4.88. The van der Waals surface area contributed by atoms with Gasteiger partial charge in [-0.1, -0.05) is 18.6 Å². The molecule has 0 spiro atoms. The van der Waals surface area contributed by atoms with Gasteiger partial charge in [-0.15, -0.1) is 0 Å². The van der Waals surface area contributed by atoms with Crippen LogP contribution in [0.25, 0.3) is 22.3 Å². The highest BCUT2D eigenvalue weighted by molar-refractivity contribution is 5.82. The number of hydrogen-bond donors (Lipinski definition) is 1. The van der Waals surface area contributed by atoms with Gasteiger partial charge in [0.05, 0.1) is 12.2 Å². The van der Waals surface area contributed by atoms with Crippen molar-refractivity contribution in [3.05, 3.63) is 42.1 Å². The van der Waals surface area contributed by atoms with E-state index in [1.807, 2.05) is 0 Å². The number of piperidine rings is 1. The van der Waals surface area contributed by atoms with Crippen molar-refractivity contribution >= 4 is 16.7 Å². The fraction of sp³-hybridized carbons (Fsp3) is 0.400. The second-order valence-electron chi connectivity index (χ2n) is 7.05. The fourth-order valence-electron chi connectivity index (χ4n) is 3.59. The number of nitrogens with zero attached hydrogens (tertiary/aromatic N) is 4. The van der Waals surface area contributed by atoms with Crippen LogP contribution >= 0.6 is 0 Å². The molecule has 0 unspecified atom stereocenters. The molecule has 0 radical (unpaired) electrons. The van der Waals surface area contributed by atoms with Crippen molar-refractivity contribution in [2.24, 2.45) is 0 Å². The summed E-state index contributed by atoms with van der Waals surface area (Å²) in [5.41, 5.74) is 7.89. The van der Waals surface area contributed by atoms with E-state index >= 15 is 0 Å². The molecule has 27 heavy (non-hydrogen) atoms. The van der Waals surface area contributed by atoms with E-state index in [9.17, 15) is 8.78 Å². The summed E-state index contributed by atoms with van der Waals surface area (Å²) in [7, 11) is 0. The third kappa shape index (κ3) is 3.93. The highest BCUT2D eigenvalue weighted by Crippen LogP contribution is 2.31. The quantitative estimate of drug-likeness (QED) is 0.686. The van der Waals surface area contributed by atoms with Gasteiger partial charge in [0.1, 0.15) is 0 Å². The van der Waals surface area contributed by atoms with Gasteiger partial charge >= 0.3 is 0 Å². The lowest BCUT2D eigenvalue weighted by atomic mass is 10.1. The molecule has 1 aliphatic heterocycles. The third-order valence-corrected chi connectivity index (χ3v) is 5.11. The van der Waals surface area contributed by atoms with Crippen molar-refractivity contribution in [3.8, 4) is 11.3 Å². The van der Waals surface area contributed by atoms with Crippen LogP contribution in [0.4, 0.5) is 14.5 Å². The Kier molecular flexibility index (Phi) is 5.03. The standard InChI is InChI=1S/C20H23F2N5/c21-19(22)16-12-18(14-4-6-15(23)7-5-14)24-20-17(16)13-27(25-20)11-10-26-8-2-1-3-9-26/h4-7,12-13,19H,1-3,8-11,23H2. The minimum atomic E-state index is -2.58. The normalized spacial score (nSPS) is 15.7. The van der Waals surface area contributed by atoms with E-state index in [1.54, 1.807) is 35.1 Å². The molecule has 0 aliphatic carbocycles. The minimum Gasteiger partial charge on any atom is -0.399 e. The minimum absolute atomic E-state index is 0.0314. The van der Waals surface area contributed by atoms with Crippen LogP contribution in [0.3, 0.4) is 0 Å². The fourth-order valence-corrected chi connectivity index (χ4v) is 3.59. The second kappa shape index (κ2) is 7.60. The van der Waals surface area contributed by atoms with Gasteiger partial charge in [0.2, 0.25) is 0 Å². The average molecular weight is 371 g/mol. The lowest BCUT2D eigenvalue weighted by Crippen LogP contribution is -2.32. The van der Waals surface area contributed by atoms with Gasteiger partial charge in [0, 0.05) is 34.9 Å². The third-order valence-electron chi connectivity index (χ3n) is 5.11. The SMILES string of the molecule is Nc1ccc(-c2cc(C(F)F)c3cn(CCN4CCCCC4)nc3n2)cc1. The van der Waals surface area contributed by atoms with E-state index < -0.39 is 6.43 Å². The molecule has 1 saturated heterocycles. The van der Waals surface area contributed by atoms with Crippen LogP contribution in [0, 0.1) is 0 Å². The van der Waals surface area contributed by atoms with Gasteiger partial charge in [-0.25, -0.2) is 13.8 Å². The Morgan fingerprint density at radius 3 is 2.48 bits per heavy atom. The molecule has 0 saturated carbocycles. The molecule has 7 heteroatoms. The zero-order valence-electron chi connectivity index (χ0n) is 15.1. The van der Waals surface area contributed by atoms with E-state index in [1.165, 1.54) is 25.3 Å². The smallest absolute Gasteiger partial charge is 0.264 e. The molecule has 5 nitrogen and oxygen atoms in total. The number of pyridine rings is 1. The van der Waals surface area contributed by atoms with Crippen LogP contribution in [0.15, 0.2) is 36.5 Å². The van der Waals surface area contributed by atoms with Crippen molar-refractivity contribution in [1.29, 1.82) is 0 Å². The number of nitrogens with two attached hydrogens (primary N) is 1. The van der Waals surface area contributed by atoms with Crippen molar-refractivity contribution in [3.63, 3.8) is 0 Å². The molecular weight excluding hydrogens is 348 g/mol. The summed E-state index contributed by atoms with van der Waals surface area (Å²) < 4.78 is 29.0. The predicted octanol–water partition coefficient (Wildman–Crippen LogP) is 4.10. The molecular formula is C20H23F2N5. The van der Waals surface area contributed by atoms with Gasteiger partial charge in [-0.05, 0) is 44.1 Å². The largest absolute Gasteiger partial charge is 0.399 e. The number of likely N-dealkylation sites (tertiary alicyclic amines) is 1. The van der Waals surface area contributed by atoms with E-state index in [0.29, 0.717) is 29.0 Å². The molecule has 0 atom stereocenters. The summed E-state index contributed by atoms with van der Waals surface area (Å²) in [5.74, 6) is 0. The first kappa shape index (κ1) is 17.9. The molecule has 3 heterocycles. The van der Waals surface area contributed by atoms with Crippen molar-refractivity contribution in [1.82, 2.24) is 19.7 Å². The molecule has 142 valence electrons. The molecule has 0 amide bonds. The van der Waals surface area contributed by atoms with Gasteiger partial charge in [0.15, 0.2) is 5.65 Å². The first-order chi connectivity index (χ1) is 13.1. The second-order valence-corrected chi connectivity index (χ2v) is 7.05. The summed E-state index contributed by atoms with van der Waals surface area (Å²) in [4.78, 5) is 6.91. The summed E-state index contributed by atoms with van der Waals surface area (Å²) >= 11 is 0. The van der Waals surface area contributed by atoms with Gasteiger partial charge in [0.25, 0.3) is 6.43 Å². The Balaban J connectivity index is 1.64. The van der Waals surface area contributed by atoms with E-state index in [4.69, 9.17) is 5.73 Å². The number of aromatic nitrogens is 3. The summed E-state index contributed by atoms with van der Waals surface area (Å²) in [6, 6.07) is 8.49. The maximum atomic E-state index is 13.6. The van der Waals surface area contributed by atoms with Crippen LogP contribution in [-0.2, 0) is 6.54 Å². The summed E-state index contributed by atoms with van der Waals surface area (Å²) in [6.45, 7) is 3.75. The van der Waals surface area contributed by atoms with Crippen LogP contribution in [0.2, 0.25) is 0 Å². The van der Waals surface area contributed by atoms with Gasteiger partial charge in [-0.3, -0.25) is 4.68 Å². The van der Waals surface area contributed by atoms with E-state index in [0.717, 1.165) is 25.2 Å². The zero-order chi connectivity index (χ0) is 18.8. The summed E-state index contributed by atoms with van der Waals surface area (Å²) in [6.07, 6.45) is 2.85. The van der Waals surface area contributed by atoms with E-state index in [2.05, 4.69) is 15.0 Å². The first-order valence-corrected chi connectivity index (χ1v) is 9.35. The molecule has 0 bridgehead atoms. The van der Waals surface area contributed by atoms with Crippen LogP contribution in [0.1, 0.15) is 31.3 Å². The van der Waals surface area contributed by atoms with E-state index in [-0.39, 0.29) is 5.56 Å². The molecule has 3 aromatic rings. The Labute approximate surface area is 156 Å². The number of rotatable bonds is 5. The number of benzene rings is 1. The molecule has 1 aromatic carbocycles. The lowest BCUT2D eigenvalue weighted by molar-refractivity contribution is 0.153. The highest BCUT2D eigenvalue weighted by Gasteiger charge is 2.18. The molecule has 1 aliphatic rings. The number of hydrogen-bond acceptors (Lipinski definition) is 4. The van der Waals surface area contributed by atoms with Crippen LogP contribution < -0.4 is 5.73 Å². The monoisotopic (exact) mass is 371 g/mol. The molecule has 2 N–H and O–H groups in total. The number of nitrogen functional groups attached to an aromatic ring is 1. The Hall–Kier alpha value is -2.54. The molecule has 1 fully saturated rings. The Bertz CT molecular complexity index is 914.